The molecule has 18 heavy (non-hydrogen) atoms. The summed E-state index contributed by atoms with van der Waals surface area (Å²) in [6.45, 7) is 2.38. The van der Waals surface area contributed by atoms with E-state index in [0.29, 0.717) is 13.0 Å². The third-order valence-corrected chi connectivity index (χ3v) is 2.70. The summed E-state index contributed by atoms with van der Waals surface area (Å²) in [4.78, 5) is 11.9. The van der Waals surface area contributed by atoms with Crippen LogP contribution in [-0.2, 0) is 17.8 Å². The van der Waals surface area contributed by atoms with Crippen LogP contribution in [0.1, 0.15) is 11.1 Å². The first kappa shape index (κ1) is 12.3. The van der Waals surface area contributed by atoms with Crippen LogP contribution >= 0.6 is 0 Å². The van der Waals surface area contributed by atoms with E-state index in [1.54, 1.807) is 24.3 Å². The number of nitrogens with zero attached hydrogens (tertiary/aromatic N) is 1. The van der Waals surface area contributed by atoms with Crippen molar-refractivity contribution >= 4 is 5.78 Å². The van der Waals surface area contributed by atoms with Crippen molar-refractivity contribution in [2.24, 2.45) is 0 Å². The number of ketones is 1. The fourth-order valence-corrected chi connectivity index (χ4v) is 1.85. The number of phenols is 1. The van der Waals surface area contributed by atoms with E-state index in [2.05, 4.69) is 0 Å². The van der Waals surface area contributed by atoms with Crippen molar-refractivity contribution in [3.05, 3.63) is 59.9 Å². The summed E-state index contributed by atoms with van der Waals surface area (Å²) in [5, 5.41) is 9.17. The van der Waals surface area contributed by atoms with E-state index < -0.39 is 0 Å². The first-order valence-corrected chi connectivity index (χ1v) is 5.89. The Morgan fingerprint density at radius 3 is 2.61 bits per heavy atom. The van der Waals surface area contributed by atoms with Gasteiger partial charge in [-0.25, -0.2) is 0 Å². The van der Waals surface area contributed by atoms with Gasteiger partial charge in [-0.1, -0.05) is 12.1 Å². The van der Waals surface area contributed by atoms with Crippen LogP contribution in [0, 0.1) is 6.92 Å². The van der Waals surface area contributed by atoms with Crippen LogP contribution in [-0.4, -0.2) is 10.9 Å². The van der Waals surface area contributed by atoms with Gasteiger partial charge in [0.1, 0.15) is 5.75 Å². The third kappa shape index (κ3) is 3.42. The van der Waals surface area contributed by atoms with Crippen LogP contribution in [0.4, 0.5) is 0 Å². The molecule has 0 fully saturated rings. The third-order valence-electron chi connectivity index (χ3n) is 2.70. The molecule has 0 bridgehead atoms. The number of hydrogen-bond acceptors (Lipinski definition) is 2. The molecule has 0 amide bonds. The van der Waals surface area contributed by atoms with Gasteiger partial charge in [0.2, 0.25) is 12.3 Å². The lowest BCUT2D eigenvalue weighted by molar-refractivity contribution is -0.684. The van der Waals surface area contributed by atoms with Crippen LogP contribution in [0.5, 0.6) is 5.75 Å². The zero-order valence-corrected chi connectivity index (χ0v) is 10.3. The number of hydrogen-bond donors (Lipinski definition) is 1. The Morgan fingerprint density at radius 2 is 1.94 bits per heavy atom. The van der Waals surface area contributed by atoms with Crippen LogP contribution in [0.3, 0.4) is 0 Å². The molecule has 0 aliphatic carbocycles. The smallest absolute Gasteiger partial charge is 0.206 e. The summed E-state index contributed by atoms with van der Waals surface area (Å²) in [6.07, 6.45) is 4.23. The number of rotatable bonds is 4. The molecule has 3 nitrogen and oxygen atoms in total. The molecule has 0 saturated heterocycles. The number of pyridine rings is 1. The van der Waals surface area contributed by atoms with Gasteiger partial charge >= 0.3 is 0 Å². The van der Waals surface area contributed by atoms with Crippen LogP contribution in [0.2, 0.25) is 0 Å². The molecular weight excluding hydrogens is 226 g/mol. The monoisotopic (exact) mass is 242 g/mol. The molecule has 0 aliphatic heterocycles. The molecule has 0 aliphatic rings. The molecular formula is C15H16NO2+. The number of aromatic hydroxyl groups is 1. The van der Waals surface area contributed by atoms with Gasteiger partial charge in [0.05, 0.1) is 0 Å². The highest BCUT2D eigenvalue weighted by molar-refractivity contribution is 5.79. The molecule has 1 aromatic heterocycles. The largest absolute Gasteiger partial charge is 0.508 e. The van der Waals surface area contributed by atoms with Gasteiger partial charge in [0, 0.05) is 18.1 Å². The van der Waals surface area contributed by atoms with E-state index in [-0.39, 0.29) is 11.5 Å². The van der Waals surface area contributed by atoms with Crippen molar-refractivity contribution in [1.82, 2.24) is 0 Å². The van der Waals surface area contributed by atoms with Gasteiger partial charge in [0.25, 0.3) is 0 Å². The highest BCUT2D eigenvalue weighted by Gasteiger charge is 2.10. The minimum absolute atomic E-state index is 0.149. The summed E-state index contributed by atoms with van der Waals surface area (Å²) in [5.74, 6) is 0.371. The first-order valence-electron chi connectivity index (χ1n) is 5.89. The molecule has 1 N–H and O–H groups in total. The fourth-order valence-electron chi connectivity index (χ4n) is 1.85. The molecule has 0 radical (unpaired) electrons. The molecule has 1 heterocycles. The SMILES string of the molecule is Cc1ccc[n+](CC(=O)Cc2ccc(O)cc2)c1. The summed E-state index contributed by atoms with van der Waals surface area (Å²) >= 11 is 0. The van der Waals surface area contributed by atoms with Crippen molar-refractivity contribution in [2.45, 2.75) is 19.9 Å². The normalized spacial score (nSPS) is 10.3. The zero-order chi connectivity index (χ0) is 13.0. The first-order chi connectivity index (χ1) is 8.63. The fraction of sp³-hybridized carbons (Fsp3) is 0.200. The number of carbonyl (C=O) groups excluding carboxylic acids is 1. The summed E-state index contributed by atoms with van der Waals surface area (Å²) in [6, 6.07) is 10.7. The van der Waals surface area contributed by atoms with Crippen molar-refractivity contribution in [3.8, 4) is 5.75 Å². The lowest BCUT2D eigenvalue weighted by Crippen LogP contribution is -2.37. The lowest BCUT2D eigenvalue weighted by Gasteiger charge is -2.00. The second-order valence-electron chi connectivity index (χ2n) is 4.44. The molecule has 0 spiro atoms. The molecule has 0 atom stereocenters. The van der Waals surface area contributed by atoms with Gasteiger partial charge in [-0.2, -0.15) is 4.57 Å². The number of phenolic OH excluding ortho intramolecular Hbond substituents is 1. The van der Waals surface area contributed by atoms with Crippen LogP contribution < -0.4 is 4.57 Å². The summed E-state index contributed by atoms with van der Waals surface area (Å²) in [7, 11) is 0. The Kier molecular flexibility index (Phi) is 3.72. The molecule has 0 unspecified atom stereocenters. The van der Waals surface area contributed by atoms with Crippen LogP contribution in [0.15, 0.2) is 48.8 Å². The second kappa shape index (κ2) is 5.45. The number of Topliss-reactive ketones (excluding diaryl/α,β-unsaturated/α-hetero) is 1. The van der Waals surface area contributed by atoms with Crippen molar-refractivity contribution in [3.63, 3.8) is 0 Å². The topological polar surface area (TPSA) is 41.2 Å². The van der Waals surface area contributed by atoms with Gasteiger partial charge < -0.3 is 5.11 Å². The Labute approximate surface area is 106 Å². The number of carbonyl (C=O) groups is 1. The molecule has 2 rings (SSSR count). The molecule has 3 heteroatoms. The molecule has 2 aromatic rings. The second-order valence-corrected chi connectivity index (χ2v) is 4.44. The quantitative estimate of drug-likeness (QED) is 0.831. The van der Waals surface area contributed by atoms with E-state index in [1.165, 1.54) is 0 Å². The number of benzene rings is 1. The lowest BCUT2D eigenvalue weighted by atomic mass is 10.1. The van der Waals surface area contributed by atoms with Gasteiger partial charge in [-0.15, -0.1) is 0 Å². The minimum Gasteiger partial charge on any atom is -0.508 e. The van der Waals surface area contributed by atoms with Crippen molar-refractivity contribution < 1.29 is 14.5 Å². The van der Waals surface area contributed by atoms with E-state index >= 15 is 0 Å². The average molecular weight is 242 g/mol. The average Bonchev–Trinajstić information content (AvgIpc) is 2.32. The number of aryl methyl sites for hydroxylation is 1. The Morgan fingerprint density at radius 1 is 1.22 bits per heavy atom. The van der Waals surface area contributed by atoms with Crippen molar-refractivity contribution in [1.29, 1.82) is 0 Å². The van der Waals surface area contributed by atoms with E-state index in [4.69, 9.17) is 5.11 Å². The van der Waals surface area contributed by atoms with Gasteiger partial charge in [-0.3, -0.25) is 4.79 Å². The molecule has 1 aromatic carbocycles. The van der Waals surface area contributed by atoms with E-state index in [0.717, 1.165) is 11.1 Å². The van der Waals surface area contributed by atoms with Gasteiger partial charge in [-0.05, 0) is 30.7 Å². The molecule has 92 valence electrons. The van der Waals surface area contributed by atoms with E-state index in [1.807, 2.05) is 36.0 Å². The Balaban J connectivity index is 1.98. The predicted octanol–water partition coefficient (Wildman–Crippen LogP) is 1.80. The highest BCUT2D eigenvalue weighted by atomic mass is 16.3. The minimum atomic E-state index is 0.149. The Hall–Kier alpha value is -2.16. The maximum Gasteiger partial charge on any atom is 0.206 e. The van der Waals surface area contributed by atoms with Crippen LogP contribution in [0.25, 0.3) is 0 Å². The van der Waals surface area contributed by atoms with Crippen molar-refractivity contribution in [2.75, 3.05) is 0 Å². The van der Waals surface area contributed by atoms with E-state index in [9.17, 15) is 4.79 Å². The Bertz CT molecular complexity index is 547. The number of aromatic nitrogens is 1. The predicted molar refractivity (Wildman–Crippen MR) is 68.2 cm³/mol. The maximum atomic E-state index is 11.9. The van der Waals surface area contributed by atoms with Gasteiger partial charge in [0.15, 0.2) is 12.4 Å². The standard InChI is InChI=1S/C15H15NO2/c1-12-3-2-8-16(10-12)11-15(18)9-13-4-6-14(17)7-5-13/h2-8,10H,9,11H2,1H3/p+1. The maximum absolute atomic E-state index is 11.9. The summed E-state index contributed by atoms with van der Waals surface area (Å²) in [5.41, 5.74) is 2.06. The highest BCUT2D eigenvalue weighted by Crippen LogP contribution is 2.10. The molecule has 0 saturated carbocycles. The zero-order valence-electron chi connectivity index (χ0n) is 10.3. The summed E-state index contributed by atoms with van der Waals surface area (Å²) < 4.78 is 1.89.